The quantitative estimate of drug-likeness (QED) is 0.507. The maximum absolute atomic E-state index is 12.9. The van der Waals surface area contributed by atoms with Gasteiger partial charge < -0.3 is 15.8 Å². The largest absolute Gasteiger partial charge is 0.449 e. The molecule has 1 atom stereocenters. The summed E-state index contributed by atoms with van der Waals surface area (Å²) in [7, 11) is 0. The summed E-state index contributed by atoms with van der Waals surface area (Å²) in [5, 5.41) is 2.68. The number of esters is 1. The van der Waals surface area contributed by atoms with E-state index in [0.717, 1.165) is 0 Å². The highest BCUT2D eigenvalue weighted by Crippen LogP contribution is 2.33. The zero-order valence-corrected chi connectivity index (χ0v) is 16.4. The van der Waals surface area contributed by atoms with E-state index in [1.165, 1.54) is 19.1 Å². The number of nitrogen functional groups attached to an aromatic ring is 1. The first-order chi connectivity index (χ1) is 13.7. The molecule has 1 unspecified atom stereocenters. The van der Waals surface area contributed by atoms with Crippen LogP contribution in [0.4, 0.5) is 5.69 Å². The molecular formula is C22H22N2O5. The Labute approximate surface area is 168 Å². The van der Waals surface area contributed by atoms with Crippen molar-refractivity contribution in [3.05, 3.63) is 64.2 Å². The van der Waals surface area contributed by atoms with Gasteiger partial charge in [0.1, 0.15) is 0 Å². The monoisotopic (exact) mass is 394 g/mol. The number of benzene rings is 2. The van der Waals surface area contributed by atoms with Gasteiger partial charge in [-0.25, -0.2) is 4.79 Å². The van der Waals surface area contributed by atoms with Crippen LogP contribution in [0.1, 0.15) is 63.0 Å². The Morgan fingerprint density at radius 1 is 0.966 bits per heavy atom. The second kappa shape index (κ2) is 7.87. The number of amides is 1. The fourth-order valence-electron chi connectivity index (χ4n) is 3.12. The molecule has 0 spiro atoms. The van der Waals surface area contributed by atoms with Gasteiger partial charge in [0.25, 0.3) is 5.91 Å². The number of carbonyl (C=O) groups is 4. The third-order valence-electron chi connectivity index (χ3n) is 4.69. The normalized spacial score (nSPS) is 13.5. The summed E-state index contributed by atoms with van der Waals surface area (Å²) in [5.74, 6) is -1.77. The van der Waals surface area contributed by atoms with E-state index in [-0.39, 0.29) is 39.6 Å². The maximum Gasteiger partial charge on any atom is 0.341 e. The van der Waals surface area contributed by atoms with E-state index < -0.39 is 23.8 Å². The number of hydrogen-bond donors (Lipinski definition) is 2. The van der Waals surface area contributed by atoms with E-state index in [1.807, 2.05) is 13.8 Å². The number of anilines is 1. The van der Waals surface area contributed by atoms with Crippen molar-refractivity contribution < 1.29 is 23.9 Å². The minimum atomic E-state index is -1.03. The predicted octanol–water partition coefficient (Wildman–Crippen LogP) is 2.36. The Balaban J connectivity index is 1.88. The van der Waals surface area contributed by atoms with Crippen molar-refractivity contribution in [3.63, 3.8) is 0 Å². The molecule has 0 saturated heterocycles. The number of ether oxygens (including phenoxy) is 1. The van der Waals surface area contributed by atoms with Crippen LogP contribution in [-0.2, 0) is 9.53 Å². The number of fused-ring (bicyclic) bond motifs is 2. The number of carbonyl (C=O) groups excluding carboxylic acids is 4. The van der Waals surface area contributed by atoms with Crippen LogP contribution < -0.4 is 11.1 Å². The molecule has 0 heterocycles. The van der Waals surface area contributed by atoms with Crippen LogP contribution in [0.3, 0.4) is 0 Å². The molecule has 7 nitrogen and oxygen atoms in total. The average molecular weight is 394 g/mol. The van der Waals surface area contributed by atoms with Gasteiger partial charge in [0.2, 0.25) is 0 Å². The fourth-order valence-corrected chi connectivity index (χ4v) is 3.12. The second-order valence-electron chi connectivity index (χ2n) is 7.34. The summed E-state index contributed by atoms with van der Waals surface area (Å²) < 4.78 is 5.21. The van der Waals surface area contributed by atoms with Gasteiger partial charge in [0, 0.05) is 23.2 Å². The lowest BCUT2D eigenvalue weighted by Gasteiger charge is -2.21. The molecule has 2 aromatic rings. The molecule has 0 fully saturated rings. The van der Waals surface area contributed by atoms with Gasteiger partial charge in [0.15, 0.2) is 17.7 Å². The maximum atomic E-state index is 12.9. The summed E-state index contributed by atoms with van der Waals surface area (Å²) in [6.45, 7) is 5.80. The van der Waals surface area contributed by atoms with Crippen LogP contribution in [0.25, 0.3) is 0 Å². The summed E-state index contributed by atoms with van der Waals surface area (Å²) in [6.07, 6.45) is -1.03. The molecule has 1 amide bonds. The third-order valence-corrected chi connectivity index (χ3v) is 4.69. The van der Waals surface area contributed by atoms with Crippen molar-refractivity contribution in [3.8, 4) is 0 Å². The fraction of sp³-hybridized carbons (Fsp3) is 0.273. The number of nitrogens with one attached hydrogen (secondary N) is 1. The van der Waals surface area contributed by atoms with E-state index in [9.17, 15) is 19.2 Å². The van der Waals surface area contributed by atoms with Crippen molar-refractivity contribution in [2.24, 2.45) is 5.92 Å². The Bertz CT molecular complexity index is 1030. The number of hydrogen-bond acceptors (Lipinski definition) is 6. The SMILES string of the molecule is CC(C)CNC(=O)C(C)OC(=O)c1ccc2c(c1N)C(=O)c1ccccc1C2=O. The number of rotatable bonds is 5. The highest BCUT2D eigenvalue weighted by Gasteiger charge is 2.33. The molecule has 0 bridgehead atoms. The third kappa shape index (κ3) is 3.76. The van der Waals surface area contributed by atoms with Crippen LogP contribution in [-0.4, -0.2) is 36.1 Å². The smallest absolute Gasteiger partial charge is 0.341 e. The van der Waals surface area contributed by atoms with Crippen molar-refractivity contribution >= 4 is 29.1 Å². The number of nitrogens with two attached hydrogens (primary N) is 1. The van der Waals surface area contributed by atoms with E-state index in [0.29, 0.717) is 12.1 Å². The molecule has 1 aliphatic rings. The summed E-state index contributed by atoms with van der Waals surface area (Å²) in [4.78, 5) is 50.2. The van der Waals surface area contributed by atoms with E-state index in [1.54, 1.807) is 24.3 Å². The van der Waals surface area contributed by atoms with Crippen LogP contribution in [0.15, 0.2) is 36.4 Å². The molecule has 150 valence electrons. The predicted molar refractivity (Wildman–Crippen MR) is 107 cm³/mol. The molecule has 0 saturated carbocycles. The summed E-state index contributed by atoms with van der Waals surface area (Å²) in [5.41, 5.74) is 6.57. The van der Waals surface area contributed by atoms with Crippen molar-refractivity contribution in [1.29, 1.82) is 0 Å². The molecule has 0 aromatic heterocycles. The van der Waals surface area contributed by atoms with Gasteiger partial charge in [-0.05, 0) is 25.0 Å². The van der Waals surface area contributed by atoms with Crippen molar-refractivity contribution in [1.82, 2.24) is 5.32 Å². The van der Waals surface area contributed by atoms with Gasteiger partial charge in [-0.1, -0.05) is 38.1 Å². The molecule has 29 heavy (non-hydrogen) atoms. The summed E-state index contributed by atoms with van der Waals surface area (Å²) in [6, 6.07) is 9.19. The van der Waals surface area contributed by atoms with Gasteiger partial charge in [0.05, 0.1) is 16.8 Å². The molecule has 1 aliphatic carbocycles. The van der Waals surface area contributed by atoms with E-state index >= 15 is 0 Å². The molecule has 2 aromatic carbocycles. The molecule has 0 radical (unpaired) electrons. The lowest BCUT2D eigenvalue weighted by molar-refractivity contribution is -0.129. The minimum absolute atomic E-state index is 0.0138. The van der Waals surface area contributed by atoms with Gasteiger partial charge in [-0.3, -0.25) is 14.4 Å². The Morgan fingerprint density at radius 3 is 2.21 bits per heavy atom. The van der Waals surface area contributed by atoms with Crippen LogP contribution >= 0.6 is 0 Å². The highest BCUT2D eigenvalue weighted by atomic mass is 16.5. The first-order valence-electron chi connectivity index (χ1n) is 9.32. The van der Waals surface area contributed by atoms with E-state index in [2.05, 4.69) is 5.32 Å². The second-order valence-corrected chi connectivity index (χ2v) is 7.34. The van der Waals surface area contributed by atoms with Crippen molar-refractivity contribution in [2.75, 3.05) is 12.3 Å². The first-order valence-corrected chi connectivity index (χ1v) is 9.32. The topological polar surface area (TPSA) is 116 Å². The highest BCUT2D eigenvalue weighted by molar-refractivity contribution is 6.30. The molecule has 7 heteroatoms. The van der Waals surface area contributed by atoms with Gasteiger partial charge in [-0.15, -0.1) is 0 Å². The lowest BCUT2D eigenvalue weighted by Crippen LogP contribution is -2.37. The molecular weight excluding hydrogens is 372 g/mol. The summed E-state index contributed by atoms with van der Waals surface area (Å²) >= 11 is 0. The zero-order valence-electron chi connectivity index (χ0n) is 16.4. The standard InChI is InChI=1S/C22H22N2O5/c1-11(2)10-24-21(27)12(3)29-22(28)16-9-8-15-17(18(16)23)20(26)14-7-5-4-6-13(14)19(15)25/h4-9,11-12H,10,23H2,1-3H3,(H,24,27). The Kier molecular flexibility index (Phi) is 5.50. The lowest BCUT2D eigenvalue weighted by atomic mass is 9.82. The van der Waals surface area contributed by atoms with Gasteiger partial charge >= 0.3 is 5.97 Å². The molecule has 3 rings (SSSR count). The zero-order chi connectivity index (χ0) is 21.3. The van der Waals surface area contributed by atoms with Crippen molar-refractivity contribution in [2.45, 2.75) is 26.9 Å². The Hall–Kier alpha value is -3.48. The van der Waals surface area contributed by atoms with Gasteiger partial charge in [-0.2, -0.15) is 0 Å². The first kappa shape index (κ1) is 20.3. The van der Waals surface area contributed by atoms with Crippen LogP contribution in [0, 0.1) is 5.92 Å². The minimum Gasteiger partial charge on any atom is -0.449 e. The molecule has 0 aliphatic heterocycles. The Morgan fingerprint density at radius 2 is 1.59 bits per heavy atom. The van der Waals surface area contributed by atoms with Crippen LogP contribution in [0.2, 0.25) is 0 Å². The van der Waals surface area contributed by atoms with E-state index in [4.69, 9.17) is 10.5 Å². The molecule has 3 N–H and O–H groups in total. The van der Waals surface area contributed by atoms with Crippen LogP contribution in [0.5, 0.6) is 0 Å². The average Bonchev–Trinajstić information content (AvgIpc) is 2.69. The number of ketones is 2.